The molecule has 0 atom stereocenters. The summed E-state index contributed by atoms with van der Waals surface area (Å²) in [6.45, 7) is 4.75. The quantitative estimate of drug-likeness (QED) is 0.810. The molecule has 0 aromatic carbocycles. The second kappa shape index (κ2) is 5.12. The molecule has 0 aliphatic heterocycles. The normalized spacial score (nSPS) is 14.5. The van der Waals surface area contributed by atoms with Crippen molar-refractivity contribution in [2.75, 3.05) is 11.9 Å². The molecule has 1 amide bonds. The average molecular weight is 234 g/mol. The Morgan fingerprint density at radius 3 is 2.88 bits per heavy atom. The maximum absolute atomic E-state index is 11.8. The predicted octanol–water partition coefficient (Wildman–Crippen LogP) is 1.50. The summed E-state index contributed by atoms with van der Waals surface area (Å²) in [6, 6.07) is 2.07. The van der Waals surface area contributed by atoms with Crippen LogP contribution in [0.4, 0.5) is 5.95 Å². The van der Waals surface area contributed by atoms with Crippen molar-refractivity contribution in [3.05, 3.63) is 17.5 Å². The van der Waals surface area contributed by atoms with Gasteiger partial charge in [0, 0.05) is 18.3 Å². The van der Waals surface area contributed by atoms with Gasteiger partial charge >= 0.3 is 0 Å². The van der Waals surface area contributed by atoms with Gasteiger partial charge in [-0.15, -0.1) is 0 Å². The number of nitrogens with one attached hydrogen (secondary N) is 2. The lowest BCUT2D eigenvalue weighted by molar-refractivity contribution is 0.0946. The molecule has 1 fully saturated rings. The van der Waals surface area contributed by atoms with Crippen molar-refractivity contribution in [2.45, 2.75) is 39.2 Å². The highest BCUT2D eigenvalue weighted by Gasteiger charge is 2.24. The maximum Gasteiger partial charge on any atom is 0.270 e. The second-order valence-corrected chi connectivity index (χ2v) is 4.39. The van der Waals surface area contributed by atoms with Gasteiger partial charge in [0.25, 0.3) is 5.91 Å². The van der Waals surface area contributed by atoms with E-state index in [-0.39, 0.29) is 5.91 Å². The smallest absolute Gasteiger partial charge is 0.270 e. The molecule has 0 spiro atoms. The summed E-state index contributed by atoms with van der Waals surface area (Å²) in [5, 5.41) is 6.02. The number of hydrogen-bond donors (Lipinski definition) is 2. The number of aryl methyl sites for hydroxylation is 1. The van der Waals surface area contributed by atoms with Crippen LogP contribution in [0.3, 0.4) is 0 Å². The summed E-state index contributed by atoms with van der Waals surface area (Å²) in [5.74, 6) is 0.436. The molecule has 0 unspecified atom stereocenters. The minimum atomic E-state index is -0.0995. The van der Waals surface area contributed by atoms with E-state index < -0.39 is 0 Å². The van der Waals surface area contributed by atoms with Crippen molar-refractivity contribution in [1.82, 2.24) is 15.3 Å². The van der Waals surface area contributed by atoms with Crippen LogP contribution in [0, 0.1) is 6.92 Å². The number of anilines is 1. The van der Waals surface area contributed by atoms with Crippen molar-refractivity contribution < 1.29 is 4.79 Å². The minimum absolute atomic E-state index is 0.0995. The van der Waals surface area contributed by atoms with Gasteiger partial charge in [0.2, 0.25) is 5.95 Å². The SMILES string of the molecule is CCCNc1nc(C)cc(C(=O)NC2CC2)n1. The van der Waals surface area contributed by atoms with Crippen LogP contribution < -0.4 is 10.6 Å². The Bertz CT molecular complexity index is 415. The highest BCUT2D eigenvalue weighted by Crippen LogP contribution is 2.19. The Morgan fingerprint density at radius 1 is 1.47 bits per heavy atom. The Balaban J connectivity index is 2.09. The molecule has 1 aromatic heterocycles. The molecule has 2 N–H and O–H groups in total. The van der Waals surface area contributed by atoms with E-state index in [4.69, 9.17) is 0 Å². The van der Waals surface area contributed by atoms with Gasteiger partial charge in [-0.1, -0.05) is 6.92 Å². The summed E-state index contributed by atoms with van der Waals surface area (Å²) < 4.78 is 0. The van der Waals surface area contributed by atoms with Crippen LogP contribution in [0.1, 0.15) is 42.4 Å². The van der Waals surface area contributed by atoms with E-state index in [9.17, 15) is 4.79 Å². The standard InChI is InChI=1S/C12H18N4O/c1-3-6-13-12-14-8(2)7-10(16-12)11(17)15-9-4-5-9/h7,9H,3-6H2,1-2H3,(H,15,17)(H,13,14,16). The van der Waals surface area contributed by atoms with Crippen molar-refractivity contribution in [3.63, 3.8) is 0 Å². The molecule has 17 heavy (non-hydrogen) atoms. The van der Waals surface area contributed by atoms with Gasteiger partial charge in [0.05, 0.1) is 0 Å². The Kier molecular flexibility index (Phi) is 3.56. The number of rotatable bonds is 5. The number of aromatic nitrogens is 2. The van der Waals surface area contributed by atoms with Crippen LogP contribution in [-0.4, -0.2) is 28.5 Å². The van der Waals surface area contributed by atoms with E-state index in [0.29, 0.717) is 17.7 Å². The highest BCUT2D eigenvalue weighted by molar-refractivity contribution is 5.93. The largest absolute Gasteiger partial charge is 0.354 e. The van der Waals surface area contributed by atoms with Crippen LogP contribution in [0.2, 0.25) is 0 Å². The van der Waals surface area contributed by atoms with E-state index in [1.165, 1.54) is 0 Å². The van der Waals surface area contributed by atoms with Crippen LogP contribution >= 0.6 is 0 Å². The van der Waals surface area contributed by atoms with Crippen molar-refractivity contribution in [1.29, 1.82) is 0 Å². The van der Waals surface area contributed by atoms with Crippen LogP contribution in [0.5, 0.6) is 0 Å². The minimum Gasteiger partial charge on any atom is -0.354 e. The van der Waals surface area contributed by atoms with Gasteiger partial charge in [0.1, 0.15) is 5.69 Å². The fraction of sp³-hybridized carbons (Fsp3) is 0.583. The summed E-state index contributed by atoms with van der Waals surface area (Å²) in [5.41, 5.74) is 1.25. The third-order valence-corrected chi connectivity index (χ3v) is 2.53. The lowest BCUT2D eigenvalue weighted by atomic mass is 10.3. The molecule has 0 saturated heterocycles. The maximum atomic E-state index is 11.8. The van der Waals surface area contributed by atoms with Gasteiger partial charge in [-0.2, -0.15) is 0 Å². The highest BCUT2D eigenvalue weighted by atomic mass is 16.2. The molecule has 0 radical (unpaired) electrons. The third-order valence-electron chi connectivity index (χ3n) is 2.53. The van der Waals surface area contributed by atoms with Gasteiger partial charge in [-0.05, 0) is 32.3 Å². The lowest BCUT2D eigenvalue weighted by Crippen LogP contribution is -2.26. The molecule has 1 saturated carbocycles. The summed E-state index contributed by atoms with van der Waals surface area (Å²) in [4.78, 5) is 20.3. The summed E-state index contributed by atoms with van der Waals surface area (Å²) >= 11 is 0. The molecule has 2 rings (SSSR count). The van der Waals surface area contributed by atoms with Crippen LogP contribution in [0.15, 0.2) is 6.07 Å². The number of carbonyl (C=O) groups is 1. The molecule has 5 nitrogen and oxygen atoms in total. The molecular weight excluding hydrogens is 216 g/mol. The summed E-state index contributed by atoms with van der Waals surface area (Å²) in [6.07, 6.45) is 3.16. The third kappa shape index (κ3) is 3.41. The Labute approximate surface area is 101 Å². The van der Waals surface area contributed by atoms with Crippen LogP contribution in [-0.2, 0) is 0 Å². The first-order valence-corrected chi connectivity index (χ1v) is 6.09. The molecule has 1 aromatic rings. The predicted molar refractivity (Wildman–Crippen MR) is 66.0 cm³/mol. The number of carbonyl (C=O) groups excluding carboxylic acids is 1. The molecular formula is C12H18N4O. The zero-order valence-electron chi connectivity index (χ0n) is 10.3. The molecule has 1 aliphatic rings. The van der Waals surface area contributed by atoms with Gasteiger partial charge < -0.3 is 10.6 Å². The van der Waals surface area contributed by atoms with Crippen LogP contribution in [0.25, 0.3) is 0 Å². The number of hydrogen-bond acceptors (Lipinski definition) is 4. The zero-order valence-corrected chi connectivity index (χ0v) is 10.3. The zero-order chi connectivity index (χ0) is 12.3. The first-order chi connectivity index (χ1) is 8.19. The Hall–Kier alpha value is -1.65. The first kappa shape index (κ1) is 11.8. The summed E-state index contributed by atoms with van der Waals surface area (Å²) in [7, 11) is 0. The number of amides is 1. The Morgan fingerprint density at radius 2 is 2.24 bits per heavy atom. The van der Waals surface area contributed by atoms with Crippen molar-refractivity contribution in [3.8, 4) is 0 Å². The first-order valence-electron chi connectivity index (χ1n) is 6.09. The molecule has 0 bridgehead atoms. The second-order valence-electron chi connectivity index (χ2n) is 4.39. The van der Waals surface area contributed by atoms with Gasteiger partial charge in [0.15, 0.2) is 0 Å². The van der Waals surface area contributed by atoms with Gasteiger partial charge in [-0.25, -0.2) is 9.97 Å². The van der Waals surface area contributed by atoms with E-state index in [1.807, 2.05) is 6.92 Å². The van der Waals surface area contributed by atoms with E-state index in [0.717, 1.165) is 31.5 Å². The van der Waals surface area contributed by atoms with E-state index in [1.54, 1.807) is 6.07 Å². The molecule has 1 heterocycles. The average Bonchev–Trinajstić information content (AvgIpc) is 3.09. The van der Waals surface area contributed by atoms with Gasteiger partial charge in [-0.3, -0.25) is 4.79 Å². The lowest BCUT2D eigenvalue weighted by Gasteiger charge is -2.07. The fourth-order valence-electron chi connectivity index (χ4n) is 1.49. The molecule has 92 valence electrons. The topological polar surface area (TPSA) is 66.9 Å². The van der Waals surface area contributed by atoms with E-state index >= 15 is 0 Å². The van der Waals surface area contributed by atoms with E-state index in [2.05, 4.69) is 27.5 Å². The molecule has 5 heteroatoms. The van der Waals surface area contributed by atoms with Crippen molar-refractivity contribution in [2.24, 2.45) is 0 Å². The number of nitrogens with zero attached hydrogens (tertiary/aromatic N) is 2. The monoisotopic (exact) mass is 234 g/mol. The van der Waals surface area contributed by atoms with Crippen molar-refractivity contribution >= 4 is 11.9 Å². The fourth-order valence-corrected chi connectivity index (χ4v) is 1.49. The molecule has 1 aliphatic carbocycles.